The predicted octanol–water partition coefficient (Wildman–Crippen LogP) is 4.32. The third-order valence-electron chi connectivity index (χ3n) is 12.4. The van der Waals surface area contributed by atoms with Crippen LogP contribution in [0.3, 0.4) is 0 Å². The molecule has 310 valence electrons. The first kappa shape index (κ1) is 41.7. The number of piperidine rings is 2. The second kappa shape index (κ2) is 17.8. The number of aliphatic hydroxyl groups excluding tert-OH is 1. The lowest BCUT2D eigenvalue weighted by atomic mass is 9.82. The van der Waals surface area contributed by atoms with Gasteiger partial charge in [0.2, 0.25) is 17.7 Å². The molecule has 6 atom stereocenters. The smallest absolute Gasteiger partial charge is 0.264 e. The van der Waals surface area contributed by atoms with Crippen LogP contribution >= 0.6 is 0 Å². The van der Waals surface area contributed by atoms with E-state index in [4.69, 9.17) is 4.74 Å². The highest BCUT2D eigenvalue weighted by atomic mass is 28.4. The first-order valence-electron chi connectivity index (χ1n) is 20.8. The number of amides is 4. The summed E-state index contributed by atoms with van der Waals surface area (Å²) in [5, 5.41) is 22.7. The van der Waals surface area contributed by atoms with Gasteiger partial charge in [-0.1, -0.05) is 49.4 Å². The van der Waals surface area contributed by atoms with Gasteiger partial charge in [0.25, 0.3) is 5.91 Å². The Morgan fingerprint density at radius 2 is 1.53 bits per heavy atom. The highest BCUT2D eigenvalue weighted by Gasteiger charge is 2.66. The molecule has 2 unspecified atom stereocenters. The van der Waals surface area contributed by atoms with Crippen LogP contribution in [0.5, 0.6) is 0 Å². The zero-order valence-electron chi connectivity index (χ0n) is 33.8. The summed E-state index contributed by atoms with van der Waals surface area (Å²) in [5.41, 5.74) is 2.01. The maximum absolute atomic E-state index is 15.3. The number of ether oxygens (including phenoxy) is 1. The van der Waals surface area contributed by atoms with E-state index < -0.39 is 31.5 Å². The summed E-state index contributed by atoms with van der Waals surface area (Å²) < 4.78 is 7.02. The zero-order valence-corrected chi connectivity index (χ0v) is 34.8. The summed E-state index contributed by atoms with van der Waals surface area (Å²) in [6.07, 6.45) is 2.56. The molecule has 4 aliphatic heterocycles. The average Bonchev–Trinajstić information content (AvgIpc) is 3.64. The highest BCUT2D eigenvalue weighted by Crippen LogP contribution is 2.60. The van der Waals surface area contributed by atoms with Crippen molar-refractivity contribution in [1.29, 1.82) is 0 Å². The van der Waals surface area contributed by atoms with Crippen molar-refractivity contribution in [1.82, 2.24) is 15.5 Å². The van der Waals surface area contributed by atoms with Gasteiger partial charge in [-0.2, -0.15) is 0 Å². The van der Waals surface area contributed by atoms with Gasteiger partial charge in [-0.25, -0.2) is 0 Å². The molecule has 0 aliphatic carbocycles. The summed E-state index contributed by atoms with van der Waals surface area (Å²) >= 11 is 0. The third kappa shape index (κ3) is 8.77. The average molecular weight is 811 g/mol. The topological polar surface area (TPSA) is 173 Å². The molecule has 0 bridgehead atoms. The van der Waals surface area contributed by atoms with Crippen LogP contribution in [-0.2, 0) is 42.6 Å². The summed E-state index contributed by atoms with van der Waals surface area (Å²) in [6.45, 7) is 8.96. The molecule has 58 heavy (non-hydrogen) atoms. The first-order chi connectivity index (χ1) is 27.9. The number of hydrogen-bond donors (Lipinski definition) is 6. The molecule has 0 saturated carbocycles. The van der Waals surface area contributed by atoms with E-state index in [-0.39, 0.29) is 61.6 Å². The Kier molecular flexibility index (Phi) is 12.8. The Morgan fingerprint density at radius 1 is 0.897 bits per heavy atom. The van der Waals surface area contributed by atoms with Crippen molar-refractivity contribution < 1.29 is 33.8 Å². The fraction of sp³-hybridized carbons (Fsp3) is 0.500. The number of benzene rings is 3. The van der Waals surface area contributed by atoms with Gasteiger partial charge in [0, 0.05) is 54.6 Å². The Morgan fingerprint density at radius 3 is 2.14 bits per heavy atom. The maximum atomic E-state index is 15.3. The molecule has 6 N–H and O–H groups in total. The van der Waals surface area contributed by atoms with Gasteiger partial charge in [-0.05, 0) is 93.3 Å². The lowest BCUT2D eigenvalue weighted by Gasteiger charge is -2.33. The van der Waals surface area contributed by atoms with Gasteiger partial charge in [-0.15, -0.1) is 0 Å². The van der Waals surface area contributed by atoms with Crippen molar-refractivity contribution in [3.63, 3.8) is 0 Å². The molecule has 0 radical (unpaired) electrons. The van der Waals surface area contributed by atoms with E-state index in [0.717, 1.165) is 49.9 Å². The van der Waals surface area contributed by atoms with Crippen LogP contribution in [0, 0.1) is 17.8 Å². The van der Waals surface area contributed by atoms with Crippen molar-refractivity contribution in [2.24, 2.45) is 17.8 Å². The zero-order chi connectivity index (χ0) is 41.0. The van der Waals surface area contributed by atoms with Gasteiger partial charge >= 0.3 is 0 Å². The molecule has 3 saturated heterocycles. The second-order valence-electron chi connectivity index (χ2n) is 17.0. The van der Waals surface area contributed by atoms with Crippen molar-refractivity contribution in [3.05, 3.63) is 89.5 Å². The Labute approximate surface area is 342 Å². The molecular weight excluding hydrogens is 753 g/mol. The quantitative estimate of drug-likeness (QED) is 0.138. The number of nitrogens with one attached hydrogen (secondary N) is 4. The van der Waals surface area contributed by atoms with E-state index in [1.165, 1.54) is 0 Å². The number of nitrogens with zero attached hydrogens (tertiary/aromatic N) is 2. The van der Waals surface area contributed by atoms with E-state index >= 15 is 4.79 Å². The summed E-state index contributed by atoms with van der Waals surface area (Å²) in [5.74, 6) is -1.54. The van der Waals surface area contributed by atoms with Crippen LogP contribution in [0.4, 0.5) is 17.1 Å². The molecule has 3 fully saturated rings. The number of aliphatic hydroxyl groups is 1. The third-order valence-corrected chi connectivity index (χ3v) is 14.9. The van der Waals surface area contributed by atoms with Crippen molar-refractivity contribution in [2.45, 2.75) is 82.5 Å². The number of anilines is 3. The first-order valence-corrected chi connectivity index (χ1v) is 23.8. The number of fused-ring (bicyclic) bond motifs is 2. The largest absolute Gasteiger partial charge is 0.432 e. The molecule has 0 aromatic heterocycles. The highest BCUT2D eigenvalue weighted by molar-refractivity contribution is 6.71. The molecule has 4 aliphatic rings. The minimum Gasteiger partial charge on any atom is -0.432 e. The molecule has 3 aromatic carbocycles. The van der Waals surface area contributed by atoms with Crippen molar-refractivity contribution >= 4 is 49.0 Å². The Hall–Kier alpha value is -4.44. The van der Waals surface area contributed by atoms with Crippen LogP contribution in [0.15, 0.2) is 72.8 Å². The summed E-state index contributed by atoms with van der Waals surface area (Å²) in [4.78, 5) is 71.2. The van der Waals surface area contributed by atoms with Crippen molar-refractivity contribution in [3.8, 4) is 0 Å². The van der Waals surface area contributed by atoms with Gasteiger partial charge in [0.15, 0.2) is 13.9 Å². The minimum atomic E-state index is -3.12. The minimum absolute atomic E-state index is 0.0404. The molecule has 7 rings (SSSR count). The second-order valence-corrected chi connectivity index (χ2v) is 21.0. The van der Waals surface area contributed by atoms with Crippen LogP contribution in [0.2, 0.25) is 18.6 Å². The predicted molar refractivity (Wildman–Crippen MR) is 225 cm³/mol. The fourth-order valence-corrected chi connectivity index (χ4v) is 12.2. The monoisotopic (exact) mass is 810 g/mol. The lowest BCUT2D eigenvalue weighted by molar-refractivity contribution is -0.150. The lowest BCUT2D eigenvalue weighted by Crippen LogP contribution is -2.46. The number of hydrogen-bond acceptors (Lipinski definition) is 9. The van der Waals surface area contributed by atoms with E-state index in [2.05, 4.69) is 21.3 Å². The number of carbonyl (C=O) groups is 4. The maximum Gasteiger partial charge on any atom is 0.264 e. The van der Waals surface area contributed by atoms with Crippen LogP contribution in [0.1, 0.15) is 55.7 Å². The molecule has 4 heterocycles. The van der Waals surface area contributed by atoms with E-state index in [1.54, 1.807) is 15.9 Å². The van der Waals surface area contributed by atoms with Gasteiger partial charge in [0.1, 0.15) is 0 Å². The van der Waals surface area contributed by atoms with E-state index in [9.17, 15) is 24.3 Å². The summed E-state index contributed by atoms with van der Waals surface area (Å²) in [7, 11) is -3.12. The molecular formula is C44H58N6O7Si. The molecule has 1 spiro atoms. The van der Waals surface area contributed by atoms with Crippen molar-refractivity contribution in [2.75, 3.05) is 54.9 Å². The normalized spacial score (nSPS) is 25.7. The van der Waals surface area contributed by atoms with Crippen LogP contribution < -0.4 is 26.2 Å². The Bertz CT molecular complexity index is 1960. The van der Waals surface area contributed by atoms with Crippen LogP contribution in [-0.4, -0.2) is 92.2 Å². The fourth-order valence-electron chi connectivity index (χ4n) is 9.60. The van der Waals surface area contributed by atoms with Gasteiger partial charge in [-0.3, -0.25) is 19.2 Å². The molecule has 3 aromatic rings. The number of rotatable bonds is 13. The van der Waals surface area contributed by atoms with E-state index in [0.29, 0.717) is 42.3 Å². The van der Waals surface area contributed by atoms with Crippen LogP contribution in [0.25, 0.3) is 0 Å². The number of carbonyl (C=O) groups excluding carboxylic acids is 4. The molecule has 14 heteroatoms. The van der Waals surface area contributed by atoms with Gasteiger partial charge < -0.3 is 45.7 Å². The molecule has 4 amide bonds. The Balaban J connectivity index is 1.22. The SMILES string of the molecule is C[C@H]1[C@H]([Si](C)(C)O)[C@@H](CC(=O)N(CCO)Cc2ccccc2)O[C@]12C(=O)N(Cc1cccc(NC(=O)C3CCCNC3)c1)c1ccc(NC(=O)C3CCCNC3)cc12. The van der Waals surface area contributed by atoms with E-state index in [1.807, 2.05) is 86.7 Å². The van der Waals surface area contributed by atoms with Gasteiger partial charge in [0.05, 0.1) is 43.2 Å². The molecule has 13 nitrogen and oxygen atoms in total. The summed E-state index contributed by atoms with van der Waals surface area (Å²) in [6, 6.07) is 22.5. The standard InChI is InChI=1S/C44H58N6O7Si/c1-29-40(58(2,3)56)38(24-39(52)49(20-21-51)27-30-10-5-4-6-11-30)57-44(29)36-23-35(48-42(54)33-14-9-19-46-26-33)16-17-37(36)50(43(44)55)28-31-12-7-15-34(22-31)47-41(53)32-13-8-18-45-25-32/h4-7,10-12,15-17,22-23,29,32-33,38,40,45-46,51,56H,8-9,13-14,18-21,24-28H2,1-3H3,(H,47,53)(H,48,54)/t29-,32?,33?,38+,40-,44+/m0/s1.